The maximum atomic E-state index is 12.0. The van der Waals surface area contributed by atoms with E-state index in [4.69, 9.17) is 9.47 Å². The van der Waals surface area contributed by atoms with E-state index in [9.17, 15) is 18.3 Å². The van der Waals surface area contributed by atoms with Gasteiger partial charge in [-0.2, -0.15) is 0 Å². The zero-order valence-electron chi connectivity index (χ0n) is 17.1. The lowest BCUT2D eigenvalue weighted by molar-refractivity contribution is 0.0520. The number of ether oxygens (including phenoxy) is 2. The number of thiophene rings is 1. The lowest BCUT2D eigenvalue weighted by Gasteiger charge is -2.30. The number of aryl methyl sites for hydroxylation is 1. The standard InChI is InChI=1S/C21H27NO6S2/c1-15-5-7-29-21(15)11-22(17-6-8-30(25,26)14-17)10-18(24)13-28-19-4-3-16(12-23)9-20(19)27-2/h3-5,7,9,12,17-18,24H,6,8,10-11,13-14H2,1-2H3. The van der Waals surface area contributed by atoms with Gasteiger partial charge in [-0.1, -0.05) is 0 Å². The van der Waals surface area contributed by atoms with Crippen LogP contribution < -0.4 is 9.47 Å². The van der Waals surface area contributed by atoms with Crippen LogP contribution in [0, 0.1) is 6.92 Å². The Morgan fingerprint density at radius 1 is 1.33 bits per heavy atom. The number of aliphatic hydroxyl groups excluding tert-OH is 1. The van der Waals surface area contributed by atoms with Crippen LogP contribution in [0.3, 0.4) is 0 Å². The molecule has 1 aromatic heterocycles. The summed E-state index contributed by atoms with van der Waals surface area (Å²) < 4.78 is 34.9. The van der Waals surface area contributed by atoms with E-state index in [1.54, 1.807) is 29.5 Å². The molecule has 1 saturated heterocycles. The van der Waals surface area contributed by atoms with E-state index >= 15 is 0 Å². The van der Waals surface area contributed by atoms with E-state index < -0.39 is 15.9 Å². The van der Waals surface area contributed by atoms with Gasteiger partial charge in [0.2, 0.25) is 0 Å². The molecular weight excluding hydrogens is 426 g/mol. The molecule has 0 amide bonds. The molecule has 0 radical (unpaired) electrons. The molecule has 30 heavy (non-hydrogen) atoms. The molecule has 2 aromatic rings. The number of aldehydes is 1. The zero-order valence-corrected chi connectivity index (χ0v) is 18.7. The number of benzene rings is 1. The van der Waals surface area contributed by atoms with Gasteiger partial charge in [-0.05, 0) is 48.6 Å². The lowest BCUT2D eigenvalue weighted by atomic mass is 10.1. The van der Waals surface area contributed by atoms with Gasteiger partial charge < -0.3 is 14.6 Å². The topological polar surface area (TPSA) is 93.1 Å². The fourth-order valence-electron chi connectivity index (χ4n) is 3.54. The van der Waals surface area contributed by atoms with Crippen molar-refractivity contribution in [2.75, 3.05) is 31.8 Å². The molecule has 7 nitrogen and oxygen atoms in total. The van der Waals surface area contributed by atoms with Gasteiger partial charge in [0.25, 0.3) is 0 Å². The molecule has 2 heterocycles. The molecule has 0 bridgehead atoms. The molecule has 164 valence electrons. The SMILES string of the molecule is COc1cc(C=O)ccc1OCC(O)CN(Cc1sccc1C)C1CCS(=O)(=O)C1. The number of nitrogens with zero attached hydrogens (tertiary/aromatic N) is 1. The Morgan fingerprint density at radius 3 is 2.73 bits per heavy atom. The second-order valence-corrected chi connectivity index (χ2v) is 10.7. The molecule has 1 N–H and O–H groups in total. The fraction of sp³-hybridized carbons (Fsp3) is 0.476. The largest absolute Gasteiger partial charge is 0.493 e. The summed E-state index contributed by atoms with van der Waals surface area (Å²) in [5.74, 6) is 1.15. The molecule has 1 aliphatic rings. The number of hydrogen-bond donors (Lipinski definition) is 1. The van der Waals surface area contributed by atoms with Crippen LogP contribution in [0.4, 0.5) is 0 Å². The number of rotatable bonds is 10. The van der Waals surface area contributed by atoms with Gasteiger partial charge in [0, 0.05) is 29.6 Å². The number of aliphatic hydroxyl groups is 1. The summed E-state index contributed by atoms with van der Waals surface area (Å²) in [6.07, 6.45) is 0.478. The first-order chi connectivity index (χ1) is 14.3. The van der Waals surface area contributed by atoms with Crippen LogP contribution in [0.5, 0.6) is 11.5 Å². The maximum absolute atomic E-state index is 12.0. The van der Waals surface area contributed by atoms with Crippen molar-refractivity contribution in [2.24, 2.45) is 0 Å². The molecule has 1 fully saturated rings. The molecule has 0 spiro atoms. The lowest BCUT2D eigenvalue weighted by Crippen LogP contribution is -2.42. The van der Waals surface area contributed by atoms with Gasteiger partial charge >= 0.3 is 0 Å². The number of carbonyl (C=O) groups excluding carboxylic acids is 1. The van der Waals surface area contributed by atoms with E-state index in [-0.39, 0.29) is 24.2 Å². The molecule has 1 aliphatic heterocycles. The number of hydrogen-bond acceptors (Lipinski definition) is 8. The predicted molar refractivity (Wildman–Crippen MR) is 116 cm³/mol. The quantitative estimate of drug-likeness (QED) is 0.552. The highest BCUT2D eigenvalue weighted by molar-refractivity contribution is 7.91. The Balaban J connectivity index is 1.66. The van der Waals surface area contributed by atoms with Crippen molar-refractivity contribution < 1.29 is 27.8 Å². The third-order valence-electron chi connectivity index (χ3n) is 5.24. The Labute approximate surface area is 181 Å². The highest BCUT2D eigenvalue weighted by atomic mass is 32.2. The first-order valence-electron chi connectivity index (χ1n) is 9.73. The van der Waals surface area contributed by atoms with E-state index in [2.05, 4.69) is 0 Å². The van der Waals surface area contributed by atoms with Crippen molar-refractivity contribution >= 4 is 27.5 Å². The summed E-state index contributed by atoms with van der Waals surface area (Å²) in [4.78, 5) is 14.1. The van der Waals surface area contributed by atoms with Crippen LogP contribution in [0.1, 0.15) is 27.2 Å². The van der Waals surface area contributed by atoms with Crippen molar-refractivity contribution in [1.82, 2.24) is 4.90 Å². The second kappa shape index (κ2) is 9.91. The van der Waals surface area contributed by atoms with Crippen LogP contribution in [0.25, 0.3) is 0 Å². The van der Waals surface area contributed by atoms with E-state index in [1.807, 2.05) is 23.3 Å². The summed E-state index contributed by atoms with van der Waals surface area (Å²) in [6, 6.07) is 6.74. The minimum absolute atomic E-state index is 0.0240. The number of methoxy groups -OCH3 is 1. The fourth-order valence-corrected chi connectivity index (χ4v) is 6.24. The molecule has 9 heteroatoms. The predicted octanol–water partition coefficient (Wildman–Crippen LogP) is 2.31. The van der Waals surface area contributed by atoms with Crippen LogP contribution >= 0.6 is 11.3 Å². The van der Waals surface area contributed by atoms with Crippen molar-refractivity contribution in [3.05, 3.63) is 45.6 Å². The van der Waals surface area contributed by atoms with E-state index in [0.717, 1.165) is 11.8 Å². The highest BCUT2D eigenvalue weighted by Gasteiger charge is 2.33. The van der Waals surface area contributed by atoms with Crippen molar-refractivity contribution in [2.45, 2.75) is 32.0 Å². The average molecular weight is 454 g/mol. The Bertz CT molecular complexity index is 972. The Morgan fingerprint density at radius 2 is 2.13 bits per heavy atom. The summed E-state index contributed by atoms with van der Waals surface area (Å²) in [7, 11) is -1.55. The molecule has 3 rings (SSSR count). The third-order valence-corrected chi connectivity index (χ3v) is 8.00. The monoisotopic (exact) mass is 453 g/mol. The Hall–Kier alpha value is -1.94. The van der Waals surface area contributed by atoms with Crippen molar-refractivity contribution in [3.63, 3.8) is 0 Å². The smallest absolute Gasteiger partial charge is 0.161 e. The van der Waals surface area contributed by atoms with Gasteiger partial charge in [0.05, 0.1) is 18.6 Å². The molecule has 0 saturated carbocycles. The van der Waals surface area contributed by atoms with Crippen molar-refractivity contribution in [3.8, 4) is 11.5 Å². The van der Waals surface area contributed by atoms with E-state index in [0.29, 0.717) is 36.6 Å². The zero-order chi connectivity index (χ0) is 21.7. The molecule has 2 unspecified atom stereocenters. The summed E-state index contributed by atoms with van der Waals surface area (Å²) in [5, 5.41) is 12.6. The third kappa shape index (κ3) is 5.81. The first-order valence-corrected chi connectivity index (χ1v) is 12.4. The van der Waals surface area contributed by atoms with Crippen LogP contribution in [-0.4, -0.2) is 68.6 Å². The molecular formula is C21H27NO6S2. The first kappa shape index (κ1) is 22.7. The normalized spacial score (nSPS) is 19.0. The summed E-state index contributed by atoms with van der Waals surface area (Å²) in [6.45, 7) is 2.95. The van der Waals surface area contributed by atoms with Gasteiger partial charge in [0.15, 0.2) is 21.3 Å². The minimum atomic E-state index is -3.03. The number of carbonyl (C=O) groups is 1. The van der Waals surface area contributed by atoms with Crippen LogP contribution in [0.2, 0.25) is 0 Å². The van der Waals surface area contributed by atoms with Gasteiger partial charge in [-0.15, -0.1) is 11.3 Å². The summed E-state index contributed by atoms with van der Waals surface area (Å²) >= 11 is 1.63. The van der Waals surface area contributed by atoms with Crippen LogP contribution in [-0.2, 0) is 16.4 Å². The number of sulfone groups is 1. The molecule has 2 atom stereocenters. The molecule has 0 aliphatic carbocycles. The van der Waals surface area contributed by atoms with Gasteiger partial charge in [-0.3, -0.25) is 9.69 Å². The van der Waals surface area contributed by atoms with E-state index in [1.165, 1.54) is 12.0 Å². The maximum Gasteiger partial charge on any atom is 0.161 e. The minimum Gasteiger partial charge on any atom is -0.493 e. The Kier molecular flexibility index (Phi) is 7.51. The average Bonchev–Trinajstić information content (AvgIpc) is 3.30. The van der Waals surface area contributed by atoms with Crippen LogP contribution in [0.15, 0.2) is 29.6 Å². The van der Waals surface area contributed by atoms with Gasteiger partial charge in [0.1, 0.15) is 19.0 Å². The summed E-state index contributed by atoms with van der Waals surface area (Å²) in [5.41, 5.74) is 1.64. The van der Waals surface area contributed by atoms with Crippen molar-refractivity contribution in [1.29, 1.82) is 0 Å². The second-order valence-electron chi connectivity index (χ2n) is 7.51. The highest BCUT2D eigenvalue weighted by Crippen LogP contribution is 2.28. The van der Waals surface area contributed by atoms with Gasteiger partial charge in [-0.25, -0.2) is 8.42 Å². The molecule has 1 aromatic carbocycles.